The fraction of sp³-hybridized carbons (Fsp3) is 0.231. The van der Waals surface area contributed by atoms with E-state index in [2.05, 4.69) is 10.2 Å². The van der Waals surface area contributed by atoms with E-state index in [-0.39, 0.29) is 17.4 Å². The lowest BCUT2D eigenvalue weighted by Gasteiger charge is -2.12. The summed E-state index contributed by atoms with van der Waals surface area (Å²) in [7, 11) is 0. The molecule has 0 fully saturated rings. The number of carbonyl (C=O) groups is 1. The number of aromatic hydroxyl groups is 1. The second-order valence-corrected chi connectivity index (χ2v) is 4.95. The van der Waals surface area contributed by atoms with Gasteiger partial charge in [0.1, 0.15) is 11.4 Å². The van der Waals surface area contributed by atoms with Gasteiger partial charge < -0.3 is 10.2 Å². The number of carboxylic acids is 1. The molecule has 0 saturated carbocycles. The number of aromatic nitrogens is 2. The molecule has 0 bridgehead atoms. The molecule has 100 valence electrons. The number of hydrogen-bond donors (Lipinski definition) is 3. The van der Waals surface area contributed by atoms with Gasteiger partial charge in [-0.2, -0.15) is 5.10 Å². The molecule has 0 spiro atoms. The fourth-order valence-corrected chi connectivity index (χ4v) is 2.05. The maximum Gasteiger partial charge on any atom is 0.353 e. The average Bonchev–Trinajstić information content (AvgIpc) is 2.80. The lowest BCUT2D eigenvalue weighted by atomic mass is 9.98. The van der Waals surface area contributed by atoms with E-state index in [0.717, 1.165) is 0 Å². The largest absolute Gasteiger partial charge is 0.507 e. The maximum absolute atomic E-state index is 10.8. The van der Waals surface area contributed by atoms with Crippen LogP contribution < -0.4 is 0 Å². The van der Waals surface area contributed by atoms with Crippen molar-refractivity contribution in [3.05, 3.63) is 34.5 Å². The predicted octanol–water partition coefficient (Wildman–Crippen LogP) is 3.26. The second kappa shape index (κ2) is 4.93. The smallest absolute Gasteiger partial charge is 0.353 e. The number of phenols is 1. The lowest BCUT2D eigenvalue weighted by molar-refractivity contribution is 0.0690. The van der Waals surface area contributed by atoms with E-state index < -0.39 is 5.97 Å². The van der Waals surface area contributed by atoms with Gasteiger partial charge in [0, 0.05) is 10.6 Å². The Balaban J connectivity index is 2.58. The summed E-state index contributed by atoms with van der Waals surface area (Å²) in [4.78, 5) is 10.8. The summed E-state index contributed by atoms with van der Waals surface area (Å²) in [6.45, 7) is 3.87. The Hall–Kier alpha value is -2.01. The number of phenolic OH excluding ortho intramolecular Hbond substituents is 1. The Morgan fingerprint density at radius 2 is 2.05 bits per heavy atom. The molecule has 1 aromatic carbocycles. The lowest BCUT2D eigenvalue weighted by Crippen LogP contribution is -1.95. The molecule has 0 aliphatic carbocycles. The predicted molar refractivity (Wildman–Crippen MR) is 71.7 cm³/mol. The van der Waals surface area contributed by atoms with Crippen LogP contribution in [0, 0.1) is 0 Å². The molecule has 0 aliphatic heterocycles. The van der Waals surface area contributed by atoms with Gasteiger partial charge in [0.25, 0.3) is 0 Å². The number of aromatic amines is 1. The molecule has 5 nitrogen and oxygen atoms in total. The first kappa shape index (κ1) is 13.4. The first-order valence-corrected chi connectivity index (χ1v) is 6.09. The Bertz CT molecular complexity index is 635. The number of nitrogens with zero attached hydrogens (tertiary/aromatic N) is 1. The number of hydrogen-bond acceptors (Lipinski definition) is 3. The zero-order chi connectivity index (χ0) is 14.2. The normalized spacial score (nSPS) is 10.9. The van der Waals surface area contributed by atoms with Crippen LogP contribution in [0.15, 0.2) is 18.2 Å². The molecule has 1 heterocycles. The molecule has 19 heavy (non-hydrogen) atoms. The highest BCUT2D eigenvalue weighted by molar-refractivity contribution is 6.31. The summed E-state index contributed by atoms with van der Waals surface area (Å²) in [5.74, 6) is -0.942. The molecule has 0 radical (unpaired) electrons. The van der Waals surface area contributed by atoms with Crippen molar-refractivity contribution < 1.29 is 15.0 Å². The molecule has 2 rings (SSSR count). The van der Waals surface area contributed by atoms with E-state index in [0.29, 0.717) is 21.8 Å². The summed E-state index contributed by atoms with van der Waals surface area (Å²) in [5, 5.41) is 25.8. The van der Waals surface area contributed by atoms with E-state index in [1.54, 1.807) is 12.1 Å². The molecule has 0 atom stereocenters. The van der Waals surface area contributed by atoms with Crippen LogP contribution in [0.2, 0.25) is 5.02 Å². The SMILES string of the molecule is CC(C)c1cc(Cl)cc(-c2cc(C(=O)O)[nH]n2)c1O. The van der Waals surface area contributed by atoms with E-state index in [1.165, 1.54) is 6.07 Å². The highest BCUT2D eigenvalue weighted by Crippen LogP contribution is 2.37. The quantitative estimate of drug-likeness (QED) is 0.805. The van der Waals surface area contributed by atoms with Gasteiger partial charge in [-0.25, -0.2) is 4.79 Å². The summed E-state index contributed by atoms with van der Waals surface area (Å²) in [5.41, 5.74) is 1.42. The third-order valence-electron chi connectivity index (χ3n) is 2.81. The minimum atomic E-state index is -1.11. The topological polar surface area (TPSA) is 86.2 Å². The highest BCUT2D eigenvalue weighted by Gasteiger charge is 2.17. The van der Waals surface area contributed by atoms with Gasteiger partial charge in [0.2, 0.25) is 0 Å². The highest BCUT2D eigenvalue weighted by atomic mass is 35.5. The van der Waals surface area contributed by atoms with Gasteiger partial charge in [-0.05, 0) is 29.7 Å². The van der Waals surface area contributed by atoms with E-state index in [9.17, 15) is 9.90 Å². The zero-order valence-electron chi connectivity index (χ0n) is 10.4. The van der Waals surface area contributed by atoms with Crippen molar-refractivity contribution in [3.8, 4) is 17.0 Å². The molecular weight excluding hydrogens is 268 g/mol. The van der Waals surface area contributed by atoms with E-state index >= 15 is 0 Å². The maximum atomic E-state index is 10.8. The van der Waals surface area contributed by atoms with Gasteiger partial charge >= 0.3 is 5.97 Å². The van der Waals surface area contributed by atoms with Crippen molar-refractivity contribution in [2.24, 2.45) is 0 Å². The van der Waals surface area contributed by atoms with Crippen molar-refractivity contribution in [2.75, 3.05) is 0 Å². The van der Waals surface area contributed by atoms with Crippen LogP contribution in [0.5, 0.6) is 5.75 Å². The Labute approximate surface area is 114 Å². The van der Waals surface area contributed by atoms with Crippen LogP contribution in [0.25, 0.3) is 11.3 Å². The zero-order valence-corrected chi connectivity index (χ0v) is 11.2. The molecule has 2 aromatic rings. The molecular formula is C13H13ClN2O3. The minimum absolute atomic E-state index is 0.0412. The summed E-state index contributed by atoms with van der Waals surface area (Å²) < 4.78 is 0. The van der Waals surface area contributed by atoms with Gasteiger partial charge in [-0.1, -0.05) is 25.4 Å². The number of halogens is 1. The van der Waals surface area contributed by atoms with Crippen LogP contribution in [-0.2, 0) is 0 Å². The summed E-state index contributed by atoms with van der Waals surface area (Å²) >= 11 is 6.02. The number of nitrogens with one attached hydrogen (secondary N) is 1. The number of H-pyrrole nitrogens is 1. The molecule has 0 saturated heterocycles. The third-order valence-corrected chi connectivity index (χ3v) is 3.03. The Morgan fingerprint density at radius 1 is 1.37 bits per heavy atom. The number of rotatable bonds is 3. The molecule has 0 amide bonds. The first-order valence-electron chi connectivity index (χ1n) is 5.71. The van der Waals surface area contributed by atoms with Crippen LogP contribution >= 0.6 is 11.6 Å². The van der Waals surface area contributed by atoms with Crippen molar-refractivity contribution in [2.45, 2.75) is 19.8 Å². The van der Waals surface area contributed by atoms with Gasteiger partial charge in [0.05, 0.1) is 5.69 Å². The van der Waals surface area contributed by atoms with Gasteiger partial charge in [-0.15, -0.1) is 0 Å². The molecule has 0 aliphatic rings. The monoisotopic (exact) mass is 280 g/mol. The molecule has 6 heteroatoms. The molecule has 1 aromatic heterocycles. The minimum Gasteiger partial charge on any atom is -0.507 e. The van der Waals surface area contributed by atoms with Crippen LogP contribution in [0.4, 0.5) is 0 Å². The summed E-state index contributed by atoms with van der Waals surface area (Å²) in [6.07, 6.45) is 0. The van der Waals surface area contributed by atoms with Gasteiger partial charge in [-0.3, -0.25) is 5.10 Å². The standard InChI is InChI=1S/C13H13ClN2O3/c1-6(2)8-3-7(14)4-9(12(8)17)10-5-11(13(18)19)16-15-10/h3-6,17H,1-2H3,(H,15,16)(H,18,19). The van der Waals surface area contributed by atoms with Crippen LogP contribution in [0.3, 0.4) is 0 Å². The summed E-state index contributed by atoms with van der Waals surface area (Å²) in [6, 6.07) is 4.61. The second-order valence-electron chi connectivity index (χ2n) is 4.52. The average molecular weight is 281 g/mol. The molecule has 3 N–H and O–H groups in total. The van der Waals surface area contributed by atoms with E-state index in [4.69, 9.17) is 16.7 Å². The fourth-order valence-electron chi connectivity index (χ4n) is 1.82. The van der Waals surface area contributed by atoms with Crippen LogP contribution in [0.1, 0.15) is 35.8 Å². The van der Waals surface area contributed by atoms with Gasteiger partial charge in [0.15, 0.2) is 0 Å². The van der Waals surface area contributed by atoms with E-state index in [1.807, 2.05) is 13.8 Å². The van der Waals surface area contributed by atoms with Crippen molar-refractivity contribution in [3.63, 3.8) is 0 Å². The number of carboxylic acid groups (broad SMARTS) is 1. The molecule has 0 unspecified atom stereocenters. The Morgan fingerprint density at radius 3 is 2.58 bits per heavy atom. The van der Waals surface area contributed by atoms with Crippen LogP contribution in [-0.4, -0.2) is 26.4 Å². The van der Waals surface area contributed by atoms with Crippen molar-refractivity contribution in [1.82, 2.24) is 10.2 Å². The van der Waals surface area contributed by atoms with Crippen molar-refractivity contribution >= 4 is 17.6 Å². The Kier molecular flexibility index (Phi) is 3.48. The van der Waals surface area contributed by atoms with Crippen molar-refractivity contribution in [1.29, 1.82) is 0 Å². The third kappa shape index (κ3) is 2.56. The number of aromatic carboxylic acids is 1. The first-order chi connectivity index (χ1) is 8.90. The number of benzene rings is 1.